The molecule has 3 aromatic carbocycles. The highest BCUT2D eigenvalue weighted by Crippen LogP contribution is 2.32. The number of aromatic nitrogens is 1. The van der Waals surface area contributed by atoms with Gasteiger partial charge in [0, 0.05) is 29.7 Å². The normalized spacial score (nSPS) is 10.7. The van der Waals surface area contributed by atoms with E-state index in [1.165, 1.54) is 12.1 Å². The first-order valence-electron chi connectivity index (χ1n) is 8.54. The lowest BCUT2D eigenvalue weighted by Gasteiger charge is -2.02. The van der Waals surface area contributed by atoms with E-state index in [0.29, 0.717) is 29.3 Å². The zero-order valence-electron chi connectivity index (χ0n) is 14.4. The second-order valence-electron chi connectivity index (χ2n) is 6.13. The van der Waals surface area contributed by atoms with Gasteiger partial charge in [0.2, 0.25) is 5.89 Å². The predicted octanol–water partition coefficient (Wildman–Crippen LogP) is 5.51. The van der Waals surface area contributed by atoms with Crippen molar-refractivity contribution in [2.75, 3.05) is 0 Å². The maximum Gasteiger partial charge on any atom is 0.270 e. The molecule has 1 heterocycles. The van der Waals surface area contributed by atoms with Crippen LogP contribution < -0.4 is 0 Å². The topological polar surface area (TPSA) is 69.2 Å². The third kappa shape index (κ3) is 3.62. The summed E-state index contributed by atoms with van der Waals surface area (Å²) in [6.07, 6.45) is 0.554. The zero-order valence-corrected chi connectivity index (χ0v) is 14.4. The molecule has 1 aromatic heterocycles. The summed E-state index contributed by atoms with van der Waals surface area (Å²) in [7, 11) is 0. The SMILES string of the molecule is O=[N+]([O-])c1cccc(-c2nc(-c3ccccc3)oc2Cc2ccccc2)c1. The van der Waals surface area contributed by atoms with Crippen LogP contribution in [0.15, 0.2) is 89.3 Å². The fourth-order valence-electron chi connectivity index (χ4n) is 2.95. The molecule has 0 aliphatic rings. The van der Waals surface area contributed by atoms with Gasteiger partial charge in [-0.05, 0) is 17.7 Å². The Balaban J connectivity index is 1.82. The first-order chi connectivity index (χ1) is 13.2. The number of benzene rings is 3. The molecule has 0 amide bonds. The van der Waals surface area contributed by atoms with E-state index < -0.39 is 4.92 Å². The number of rotatable bonds is 5. The highest BCUT2D eigenvalue weighted by molar-refractivity contribution is 5.68. The minimum absolute atomic E-state index is 0.0300. The molecule has 0 saturated carbocycles. The molecule has 0 unspecified atom stereocenters. The molecule has 0 saturated heterocycles. The average molecular weight is 356 g/mol. The summed E-state index contributed by atoms with van der Waals surface area (Å²) in [5.74, 6) is 1.18. The van der Waals surface area contributed by atoms with Gasteiger partial charge >= 0.3 is 0 Å². The summed E-state index contributed by atoms with van der Waals surface area (Å²) in [5, 5.41) is 11.1. The third-order valence-corrected chi connectivity index (χ3v) is 4.26. The largest absolute Gasteiger partial charge is 0.440 e. The Morgan fingerprint density at radius 1 is 0.852 bits per heavy atom. The van der Waals surface area contributed by atoms with Gasteiger partial charge in [-0.2, -0.15) is 0 Å². The van der Waals surface area contributed by atoms with Gasteiger partial charge in [0.1, 0.15) is 11.5 Å². The molecule has 5 heteroatoms. The van der Waals surface area contributed by atoms with Crippen molar-refractivity contribution < 1.29 is 9.34 Å². The van der Waals surface area contributed by atoms with Crippen LogP contribution in [0, 0.1) is 10.1 Å². The van der Waals surface area contributed by atoms with E-state index in [9.17, 15) is 10.1 Å². The van der Waals surface area contributed by atoms with Gasteiger partial charge in [-0.25, -0.2) is 4.98 Å². The van der Waals surface area contributed by atoms with Gasteiger partial charge in [-0.15, -0.1) is 0 Å². The minimum atomic E-state index is -0.404. The van der Waals surface area contributed by atoms with E-state index in [0.717, 1.165) is 11.1 Å². The second-order valence-corrected chi connectivity index (χ2v) is 6.13. The highest BCUT2D eigenvalue weighted by Gasteiger charge is 2.18. The molecule has 4 rings (SSSR count). The van der Waals surface area contributed by atoms with Crippen molar-refractivity contribution in [3.63, 3.8) is 0 Å². The van der Waals surface area contributed by atoms with Crippen molar-refractivity contribution in [1.29, 1.82) is 0 Å². The van der Waals surface area contributed by atoms with Crippen molar-refractivity contribution in [1.82, 2.24) is 4.98 Å². The average Bonchev–Trinajstić information content (AvgIpc) is 3.13. The van der Waals surface area contributed by atoms with Crippen molar-refractivity contribution in [2.24, 2.45) is 0 Å². The molecule has 0 bridgehead atoms. The second kappa shape index (κ2) is 7.25. The van der Waals surface area contributed by atoms with Gasteiger partial charge in [0.15, 0.2) is 0 Å². The monoisotopic (exact) mass is 356 g/mol. The molecule has 0 atom stereocenters. The van der Waals surface area contributed by atoms with Crippen LogP contribution in [-0.4, -0.2) is 9.91 Å². The summed E-state index contributed by atoms with van der Waals surface area (Å²) in [4.78, 5) is 15.4. The van der Waals surface area contributed by atoms with Gasteiger partial charge in [-0.3, -0.25) is 10.1 Å². The lowest BCUT2D eigenvalue weighted by atomic mass is 10.0. The number of nitro groups is 1. The molecule has 0 radical (unpaired) electrons. The van der Waals surface area contributed by atoms with E-state index in [1.807, 2.05) is 66.7 Å². The molecular weight excluding hydrogens is 340 g/mol. The van der Waals surface area contributed by atoms with Gasteiger partial charge < -0.3 is 4.42 Å². The van der Waals surface area contributed by atoms with Crippen molar-refractivity contribution in [3.8, 4) is 22.7 Å². The van der Waals surface area contributed by atoms with Crippen LogP contribution in [0.1, 0.15) is 11.3 Å². The summed E-state index contributed by atoms with van der Waals surface area (Å²) in [6, 6.07) is 26.0. The quantitative estimate of drug-likeness (QED) is 0.349. The summed E-state index contributed by atoms with van der Waals surface area (Å²) >= 11 is 0. The molecule has 0 N–H and O–H groups in total. The van der Waals surface area contributed by atoms with E-state index in [2.05, 4.69) is 4.98 Å². The van der Waals surface area contributed by atoms with Crippen molar-refractivity contribution in [3.05, 3.63) is 106 Å². The van der Waals surface area contributed by atoms with E-state index in [4.69, 9.17) is 4.42 Å². The lowest BCUT2D eigenvalue weighted by Crippen LogP contribution is -1.92. The molecule has 4 aromatic rings. The Morgan fingerprint density at radius 2 is 1.52 bits per heavy atom. The van der Waals surface area contributed by atoms with Crippen LogP contribution in [0.3, 0.4) is 0 Å². The van der Waals surface area contributed by atoms with Gasteiger partial charge in [0.25, 0.3) is 5.69 Å². The Bertz CT molecular complexity index is 1070. The summed E-state index contributed by atoms with van der Waals surface area (Å²) in [5.41, 5.74) is 3.27. The van der Waals surface area contributed by atoms with Crippen LogP contribution in [0.4, 0.5) is 5.69 Å². The van der Waals surface area contributed by atoms with E-state index in [1.54, 1.807) is 6.07 Å². The Kier molecular flexibility index (Phi) is 4.49. The smallest absolute Gasteiger partial charge is 0.270 e. The lowest BCUT2D eigenvalue weighted by molar-refractivity contribution is -0.384. The van der Waals surface area contributed by atoms with Gasteiger partial charge in [0.05, 0.1) is 4.92 Å². The predicted molar refractivity (Wildman–Crippen MR) is 103 cm³/mol. The van der Waals surface area contributed by atoms with Crippen LogP contribution in [0.25, 0.3) is 22.7 Å². The number of hydrogen-bond donors (Lipinski definition) is 0. The Labute approximate surface area is 156 Å². The standard InChI is InChI=1S/C22H16N2O3/c25-24(26)19-13-7-12-18(15-19)21-20(14-16-8-3-1-4-9-16)27-22(23-21)17-10-5-2-6-11-17/h1-13,15H,14H2. The third-order valence-electron chi connectivity index (χ3n) is 4.26. The molecule has 27 heavy (non-hydrogen) atoms. The van der Waals surface area contributed by atoms with E-state index in [-0.39, 0.29) is 5.69 Å². The zero-order chi connectivity index (χ0) is 18.6. The van der Waals surface area contributed by atoms with Gasteiger partial charge in [-0.1, -0.05) is 60.7 Å². The Hall–Kier alpha value is -3.73. The molecular formula is C22H16N2O3. The fraction of sp³-hybridized carbons (Fsp3) is 0.0455. The first-order valence-corrected chi connectivity index (χ1v) is 8.54. The number of nitrogens with zero attached hydrogens (tertiary/aromatic N) is 2. The fourth-order valence-corrected chi connectivity index (χ4v) is 2.95. The Morgan fingerprint density at radius 3 is 2.22 bits per heavy atom. The maximum absolute atomic E-state index is 11.1. The minimum Gasteiger partial charge on any atom is -0.440 e. The van der Waals surface area contributed by atoms with Crippen molar-refractivity contribution in [2.45, 2.75) is 6.42 Å². The van der Waals surface area contributed by atoms with E-state index >= 15 is 0 Å². The molecule has 0 fully saturated rings. The van der Waals surface area contributed by atoms with Crippen LogP contribution in [0.5, 0.6) is 0 Å². The molecule has 5 nitrogen and oxygen atoms in total. The maximum atomic E-state index is 11.1. The number of nitro benzene ring substituents is 1. The highest BCUT2D eigenvalue weighted by atomic mass is 16.6. The molecule has 132 valence electrons. The summed E-state index contributed by atoms with van der Waals surface area (Å²) < 4.78 is 6.08. The number of non-ortho nitro benzene ring substituents is 1. The van der Waals surface area contributed by atoms with Crippen LogP contribution >= 0.6 is 0 Å². The van der Waals surface area contributed by atoms with Crippen LogP contribution in [-0.2, 0) is 6.42 Å². The number of hydrogen-bond acceptors (Lipinski definition) is 4. The number of oxazole rings is 1. The molecule has 0 aliphatic carbocycles. The van der Waals surface area contributed by atoms with Crippen molar-refractivity contribution >= 4 is 5.69 Å². The van der Waals surface area contributed by atoms with Crippen LogP contribution in [0.2, 0.25) is 0 Å². The summed E-state index contributed by atoms with van der Waals surface area (Å²) in [6.45, 7) is 0. The molecule has 0 spiro atoms. The molecule has 0 aliphatic heterocycles. The first kappa shape index (κ1) is 16.7.